The van der Waals surface area contributed by atoms with Crippen LogP contribution in [0.4, 0.5) is 0 Å². The van der Waals surface area contributed by atoms with E-state index in [0.717, 1.165) is 11.1 Å². The standard InChI is InChI=1S/C25H29N5O5/c1-34-23(32)15-21(25(33)28-12-11-16-5-3-2-4-6-16)29-22(31)14-19-13-20(30-35-19)17-7-9-18(10-8-17)24(26)27/h2-10,19,21H,11-15H2,1H3,(H3,26,27)(H,28,33)(H,29,31)/t19?,21-/m0/s1. The molecule has 0 spiro atoms. The van der Waals surface area contributed by atoms with Gasteiger partial charge in [-0.2, -0.15) is 0 Å². The van der Waals surface area contributed by atoms with Crippen LogP contribution in [-0.2, 0) is 30.4 Å². The smallest absolute Gasteiger partial charge is 0.308 e. The van der Waals surface area contributed by atoms with Crippen LogP contribution in [0, 0.1) is 5.41 Å². The molecule has 10 nitrogen and oxygen atoms in total. The first kappa shape index (κ1) is 25.4. The van der Waals surface area contributed by atoms with Gasteiger partial charge in [0.05, 0.1) is 25.7 Å². The number of nitrogens with one attached hydrogen (secondary N) is 3. The Labute approximate surface area is 203 Å². The number of benzene rings is 2. The summed E-state index contributed by atoms with van der Waals surface area (Å²) in [4.78, 5) is 42.5. The number of nitrogen functional groups attached to an aromatic ring is 1. The lowest BCUT2D eigenvalue weighted by atomic mass is 10.0. The molecule has 2 aromatic carbocycles. The molecule has 35 heavy (non-hydrogen) atoms. The van der Waals surface area contributed by atoms with Crippen molar-refractivity contribution in [2.24, 2.45) is 10.9 Å². The highest BCUT2D eigenvalue weighted by Crippen LogP contribution is 2.19. The van der Waals surface area contributed by atoms with Gasteiger partial charge >= 0.3 is 5.97 Å². The van der Waals surface area contributed by atoms with Crippen molar-refractivity contribution in [3.63, 3.8) is 0 Å². The number of carbonyl (C=O) groups is 3. The number of amidine groups is 1. The highest BCUT2D eigenvalue weighted by Gasteiger charge is 2.28. The number of carbonyl (C=O) groups excluding carboxylic acids is 3. The van der Waals surface area contributed by atoms with Gasteiger partial charge < -0.3 is 25.9 Å². The van der Waals surface area contributed by atoms with Gasteiger partial charge in [0.2, 0.25) is 11.8 Å². The van der Waals surface area contributed by atoms with Crippen LogP contribution >= 0.6 is 0 Å². The molecule has 1 heterocycles. The Morgan fingerprint density at radius 1 is 1.17 bits per heavy atom. The van der Waals surface area contributed by atoms with Crippen molar-refractivity contribution in [1.82, 2.24) is 10.6 Å². The molecule has 0 saturated carbocycles. The molecule has 2 amide bonds. The van der Waals surface area contributed by atoms with Crippen molar-refractivity contribution in [1.29, 1.82) is 5.41 Å². The molecule has 1 unspecified atom stereocenters. The zero-order chi connectivity index (χ0) is 25.2. The third-order valence-corrected chi connectivity index (χ3v) is 5.48. The van der Waals surface area contributed by atoms with Crippen LogP contribution in [0.15, 0.2) is 59.8 Å². The maximum Gasteiger partial charge on any atom is 0.308 e. The average Bonchev–Trinajstić information content (AvgIpc) is 3.32. The second-order valence-corrected chi connectivity index (χ2v) is 8.09. The molecule has 2 aromatic rings. The summed E-state index contributed by atoms with van der Waals surface area (Å²) in [7, 11) is 1.22. The molecule has 1 aliphatic rings. The Balaban J connectivity index is 1.51. The number of hydrogen-bond donors (Lipinski definition) is 4. The van der Waals surface area contributed by atoms with Crippen molar-refractivity contribution >= 4 is 29.3 Å². The third kappa shape index (κ3) is 7.66. The second-order valence-electron chi connectivity index (χ2n) is 8.09. The lowest BCUT2D eigenvalue weighted by Gasteiger charge is -2.18. The van der Waals surface area contributed by atoms with Crippen LogP contribution < -0.4 is 16.4 Å². The maximum absolute atomic E-state index is 12.7. The van der Waals surface area contributed by atoms with Gasteiger partial charge in [0, 0.05) is 18.5 Å². The number of methoxy groups -OCH3 is 1. The monoisotopic (exact) mass is 479 g/mol. The van der Waals surface area contributed by atoms with E-state index in [9.17, 15) is 14.4 Å². The molecule has 10 heteroatoms. The van der Waals surface area contributed by atoms with Crippen LogP contribution in [0.3, 0.4) is 0 Å². The quantitative estimate of drug-likeness (QED) is 0.216. The molecule has 0 aliphatic carbocycles. The number of amides is 2. The van der Waals surface area contributed by atoms with E-state index in [0.29, 0.717) is 30.7 Å². The van der Waals surface area contributed by atoms with E-state index in [4.69, 9.17) is 16.0 Å². The fourth-order valence-electron chi connectivity index (χ4n) is 3.57. The molecule has 5 N–H and O–H groups in total. The number of ether oxygens (including phenoxy) is 1. The molecule has 1 aliphatic heterocycles. The molecule has 184 valence electrons. The van der Waals surface area contributed by atoms with E-state index < -0.39 is 29.9 Å². The van der Waals surface area contributed by atoms with Crippen LogP contribution in [0.2, 0.25) is 0 Å². The average molecular weight is 480 g/mol. The number of nitrogens with two attached hydrogens (primary N) is 1. The maximum atomic E-state index is 12.7. The van der Waals surface area contributed by atoms with Crippen molar-refractivity contribution < 1.29 is 24.0 Å². The van der Waals surface area contributed by atoms with E-state index in [1.165, 1.54) is 7.11 Å². The molecule has 0 radical (unpaired) electrons. The number of rotatable bonds is 11. The summed E-state index contributed by atoms with van der Waals surface area (Å²) < 4.78 is 4.67. The first-order valence-corrected chi connectivity index (χ1v) is 11.2. The van der Waals surface area contributed by atoms with E-state index in [1.807, 2.05) is 30.3 Å². The summed E-state index contributed by atoms with van der Waals surface area (Å²) >= 11 is 0. The fraction of sp³-hybridized carbons (Fsp3) is 0.320. The Hall–Kier alpha value is -4.21. The predicted octanol–water partition coefficient (Wildman–Crippen LogP) is 1.26. The fourth-order valence-corrected chi connectivity index (χ4v) is 3.57. The van der Waals surface area contributed by atoms with E-state index in [-0.39, 0.29) is 18.7 Å². The van der Waals surface area contributed by atoms with Gasteiger partial charge in [0.25, 0.3) is 0 Å². The molecule has 0 aromatic heterocycles. The van der Waals surface area contributed by atoms with Gasteiger partial charge in [-0.25, -0.2) is 0 Å². The Bertz CT molecular complexity index is 1090. The van der Waals surface area contributed by atoms with Gasteiger partial charge in [0.1, 0.15) is 18.0 Å². The Kier molecular flexibility index (Phi) is 8.94. The van der Waals surface area contributed by atoms with E-state index in [2.05, 4.69) is 20.5 Å². The molecule has 0 saturated heterocycles. The summed E-state index contributed by atoms with van der Waals surface area (Å²) in [5.74, 6) is -1.54. The first-order chi connectivity index (χ1) is 16.9. The van der Waals surface area contributed by atoms with Crippen molar-refractivity contribution in [2.75, 3.05) is 13.7 Å². The zero-order valence-corrected chi connectivity index (χ0v) is 19.5. The van der Waals surface area contributed by atoms with Crippen molar-refractivity contribution in [2.45, 2.75) is 37.8 Å². The van der Waals surface area contributed by atoms with E-state index >= 15 is 0 Å². The summed E-state index contributed by atoms with van der Waals surface area (Å²) in [5.41, 5.74) is 8.61. The number of oxime groups is 1. The number of nitrogens with zero attached hydrogens (tertiary/aromatic N) is 1. The largest absolute Gasteiger partial charge is 0.469 e. The zero-order valence-electron chi connectivity index (χ0n) is 19.5. The minimum atomic E-state index is -1.06. The topological polar surface area (TPSA) is 156 Å². The van der Waals surface area contributed by atoms with Gasteiger partial charge in [-0.15, -0.1) is 0 Å². The van der Waals surface area contributed by atoms with Crippen LogP contribution in [0.5, 0.6) is 0 Å². The highest BCUT2D eigenvalue weighted by atomic mass is 16.6. The minimum Gasteiger partial charge on any atom is -0.469 e. The van der Waals surface area contributed by atoms with Gasteiger partial charge in [-0.1, -0.05) is 59.8 Å². The minimum absolute atomic E-state index is 0.0266. The molecule has 0 bridgehead atoms. The lowest BCUT2D eigenvalue weighted by molar-refractivity contribution is -0.143. The normalized spacial score (nSPS) is 15.3. The van der Waals surface area contributed by atoms with Gasteiger partial charge in [0.15, 0.2) is 0 Å². The van der Waals surface area contributed by atoms with Crippen LogP contribution in [0.25, 0.3) is 0 Å². The summed E-state index contributed by atoms with van der Waals surface area (Å²) in [6, 6.07) is 15.6. The molecule has 0 fully saturated rings. The highest BCUT2D eigenvalue weighted by molar-refractivity contribution is 6.03. The molecular formula is C25H29N5O5. The first-order valence-electron chi connectivity index (χ1n) is 11.2. The second kappa shape index (κ2) is 12.3. The summed E-state index contributed by atoms with van der Waals surface area (Å²) in [6.45, 7) is 0.363. The predicted molar refractivity (Wildman–Crippen MR) is 130 cm³/mol. The third-order valence-electron chi connectivity index (χ3n) is 5.48. The number of esters is 1. The van der Waals surface area contributed by atoms with Gasteiger partial charge in [-0.05, 0) is 17.5 Å². The molecular weight excluding hydrogens is 450 g/mol. The van der Waals surface area contributed by atoms with Crippen molar-refractivity contribution in [3.8, 4) is 0 Å². The van der Waals surface area contributed by atoms with Crippen molar-refractivity contribution in [3.05, 3.63) is 71.3 Å². The Morgan fingerprint density at radius 2 is 1.89 bits per heavy atom. The SMILES string of the molecule is COC(=O)C[C@H](NC(=O)CC1CC(c2ccc(C(=N)N)cc2)=NO1)C(=O)NCCc1ccccc1. The molecule has 2 atom stereocenters. The number of hydrogen-bond acceptors (Lipinski definition) is 7. The lowest BCUT2D eigenvalue weighted by Crippen LogP contribution is -2.48. The van der Waals surface area contributed by atoms with Gasteiger partial charge in [-0.3, -0.25) is 19.8 Å². The summed E-state index contributed by atoms with van der Waals surface area (Å²) in [6.07, 6.45) is 0.201. The van der Waals surface area contributed by atoms with Crippen LogP contribution in [-0.4, -0.2) is 55.1 Å². The van der Waals surface area contributed by atoms with E-state index in [1.54, 1.807) is 24.3 Å². The molecule has 3 rings (SSSR count). The Morgan fingerprint density at radius 3 is 2.54 bits per heavy atom. The summed E-state index contributed by atoms with van der Waals surface area (Å²) in [5, 5.41) is 16.9. The van der Waals surface area contributed by atoms with Crippen LogP contribution in [0.1, 0.15) is 36.0 Å².